The predicted octanol–water partition coefficient (Wildman–Crippen LogP) is -0.988. The third-order valence-electron chi connectivity index (χ3n) is 2.26. The first-order valence-corrected chi connectivity index (χ1v) is 6.47. The minimum Gasteiger partial charge on any atom is -0.236 e. The molecule has 0 bridgehead atoms. The first kappa shape index (κ1) is 15.8. The molecule has 2 aromatic rings. The number of anilines is 1. The Labute approximate surface area is 132 Å². The molecule has 0 aliphatic heterocycles. The molecule has 1 aromatic carbocycles. The van der Waals surface area contributed by atoms with E-state index < -0.39 is 9.84 Å². The molecule has 0 spiro atoms. The smallest absolute Gasteiger partial charge is 0.236 e. The molecule has 0 unspecified atom stereocenters. The third kappa shape index (κ3) is 3.60. The van der Waals surface area contributed by atoms with Crippen LogP contribution in [-0.4, -0.2) is 13.4 Å². The molecule has 0 saturated carbocycles. The van der Waals surface area contributed by atoms with Crippen molar-refractivity contribution in [2.24, 2.45) is 5.29 Å². The summed E-state index contributed by atoms with van der Waals surface area (Å²) < 4.78 is 24.3. The molecule has 1 heterocycles. The zero-order valence-electron chi connectivity index (χ0n) is 10.1. The normalized spacial score (nSPS) is 10.3. The summed E-state index contributed by atoms with van der Waals surface area (Å²) in [5.74, 6) is 0.192. The summed E-state index contributed by atoms with van der Waals surface area (Å²) >= 11 is 0. The van der Waals surface area contributed by atoms with E-state index in [9.17, 15) is 13.3 Å². The Hall–Kier alpha value is -1.28. The Bertz CT molecular complexity index is 645. The van der Waals surface area contributed by atoms with E-state index in [0.717, 1.165) is 0 Å². The maximum atomic E-state index is 12.2. The number of hydrogen-bond acceptors (Lipinski definition) is 5. The fourth-order valence-electron chi connectivity index (χ4n) is 1.39. The summed E-state index contributed by atoms with van der Waals surface area (Å²) in [7, 11) is -3.57. The Morgan fingerprint density at radius 3 is 2.21 bits per heavy atom. The molecule has 0 fully saturated rings. The fraction of sp³-hybridized carbons (Fsp3) is 0. The molecule has 1 N–H and O–H groups in total. The minimum atomic E-state index is -3.57. The number of rotatable bonds is 4. The van der Waals surface area contributed by atoms with Gasteiger partial charge in [0.05, 0.1) is 15.1 Å². The second-order valence-electron chi connectivity index (χ2n) is 3.40. The number of sulfone groups is 1. The van der Waals surface area contributed by atoms with Crippen molar-refractivity contribution in [2.75, 3.05) is 5.43 Å². The van der Waals surface area contributed by atoms with Gasteiger partial charge in [0.25, 0.3) is 0 Å². The van der Waals surface area contributed by atoms with E-state index in [1.807, 2.05) is 0 Å². The number of pyridine rings is 1. The van der Waals surface area contributed by atoms with Crippen LogP contribution in [0.4, 0.5) is 5.82 Å². The van der Waals surface area contributed by atoms with E-state index in [-0.39, 0.29) is 45.2 Å². The monoisotopic (exact) mass is 286 g/mol. The standard InChI is InChI=1S/C11H9N3O3S.Na/c15-14-13-11-7-6-10(8-12-11)18(16,17)9-4-2-1-3-5-9;/h1-8H,(H,12,13,15);/q;+1. The van der Waals surface area contributed by atoms with Crippen molar-refractivity contribution in [3.8, 4) is 0 Å². The molecule has 19 heavy (non-hydrogen) atoms. The van der Waals surface area contributed by atoms with Crippen molar-refractivity contribution in [2.45, 2.75) is 9.79 Å². The van der Waals surface area contributed by atoms with E-state index in [0.29, 0.717) is 0 Å². The molecule has 0 aliphatic rings. The van der Waals surface area contributed by atoms with Gasteiger partial charge < -0.3 is 0 Å². The number of nitrogens with zero attached hydrogens (tertiary/aromatic N) is 2. The molecule has 0 amide bonds. The number of nitroso groups, excluding NO2 is 1. The first-order valence-electron chi connectivity index (χ1n) is 4.99. The molecule has 6 nitrogen and oxygen atoms in total. The number of hydrogen-bond donors (Lipinski definition) is 1. The van der Waals surface area contributed by atoms with E-state index in [4.69, 9.17) is 0 Å². The van der Waals surface area contributed by atoms with E-state index in [2.05, 4.69) is 15.7 Å². The van der Waals surface area contributed by atoms with E-state index in [1.54, 1.807) is 18.2 Å². The average molecular weight is 286 g/mol. The molecule has 1 aromatic heterocycles. The van der Waals surface area contributed by atoms with Gasteiger partial charge in [0.15, 0.2) is 0 Å². The minimum absolute atomic E-state index is 0. The summed E-state index contributed by atoms with van der Waals surface area (Å²) in [5, 5.41) is 2.44. The molecule has 0 radical (unpaired) electrons. The van der Waals surface area contributed by atoms with Gasteiger partial charge in [-0.15, -0.1) is 4.91 Å². The molecule has 8 heteroatoms. The Kier molecular flexibility index (Phi) is 5.61. The maximum absolute atomic E-state index is 12.2. The van der Waals surface area contributed by atoms with Crippen LogP contribution in [0.5, 0.6) is 0 Å². The van der Waals surface area contributed by atoms with Crippen molar-refractivity contribution in [1.82, 2.24) is 4.98 Å². The fourth-order valence-corrected chi connectivity index (χ4v) is 2.61. The van der Waals surface area contributed by atoms with Gasteiger partial charge in [0, 0.05) is 6.20 Å². The molecular formula is C11H9N3NaO3S+. The SMILES string of the molecule is O=NNc1ccc(S(=O)(=O)c2ccccc2)cn1.[Na+]. The Morgan fingerprint density at radius 1 is 1.00 bits per heavy atom. The predicted molar refractivity (Wildman–Crippen MR) is 65.5 cm³/mol. The summed E-state index contributed by atoms with van der Waals surface area (Å²) in [6, 6.07) is 10.8. The molecule has 0 atom stereocenters. The average Bonchev–Trinajstić information content (AvgIpc) is 2.41. The topological polar surface area (TPSA) is 88.5 Å². The van der Waals surface area contributed by atoms with Gasteiger partial charge in [-0.2, -0.15) is 0 Å². The number of nitrogens with one attached hydrogen (secondary N) is 1. The Morgan fingerprint density at radius 2 is 1.68 bits per heavy atom. The quantitative estimate of drug-likeness (QED) is 0.443. The van der Waals surface area contributed by atoms with Crippen molar-refractivity contribution >= 4 is 15.7 Å². The van der Waals surface area contributed by atoms with Crippen LogP contribution in [0.1, 0.15) is 0 Å². The van der Waals surface area contributed by atoms with Crippen molar-refractivity contribution < 1.29 is 38.0 Å². The van der Waals surface area contributed by atoms with Crippen molar-refractivity contribution in [1.29, 1.82) is 0 Å². The molecule has 0 saturated heterocycles. The Balaban J connectivity index is 0.00000180. The van der Waals surface area contributed by atoms with Crippen LogP contribution in [0.3, 0.4) is 0 Å². The largest absolute Gasteiger partial charge is 1.00 e. The van der Waals surface area contributed by atoms with E-state index >= 15 is 0 Å². The van der Waals surface area contributed by atoms with Gasteiger partial charge in [-0.25, -0.2) is 18.8 Å². The summed E-state index contributed by atoms with van der Waals surface area (Å²) in [6.45, 7) is 0. The van der Waals surface area contributed by atoms with Gasteiger partial charge in [0.1, 0.15) is 5.82 Å². The molecule has 2 rings (SSSR count). The van der Waals surface area contributed by atoms with Gasteiger partial charge in [-0.05, 0) is 24.3 Å². The van der Waals surface area contributed by atoms with Crippen LogP contribution in [0.2, 0.25) is 0 Å². The van der Waals surface area contributed by atoms with Gasteiger partial charge in [0.2, 0.25) is 9.84 Å². The summed E-state index contributed by atoms with van der Waals surface area (Å²) in [5.41, 5.74) is 2.09. The van der Waals surface area contributed by atoms with Crippen LogP contribution < -0.4 is 35.0 Å². The van der Waals surface area contributed by atoms with Crippen molar-refractivity contribution in [3.63, 3.8) is 0 Å². The van der Waals surface area contributed by atoms with E-state index in [1.165, 1.54) is 30.5 Å². The zero-order valence-corrected chi connectivity index (χ0v) is 13.0. The van der Waals surface area contributed by atoms with Gasteiger partial charge >= 0.3 is 29.6 Å². The third-order valence-corrected chi connectivity index (χ3v) is 4.02. The van der Waals surface area contributed by atoms with Gasteiger partial charge in [-0.3, -0.25) is 0 Å². The molecular weight excluding hydrogens is 277 g/mol. The summed E-state index contributed by atoms with van der Waals surface area (Å²) in [4.78, 5) is 14.0. The van der Waals surface area contributed by atoms with Crippen LogP contribution in [-0.2, 0) is 9.84 Å². The number of aromatic nitrogens is 1. The van der Waals surface area contributed by atoms with Crippen LogP contribution in [0.25, 0.3) is 0 Å². The second kappa shape index (κ2) is 6.76. The number of benzene rings is 1. The molecule has 0 aliphatic carbocycles. The van der Waals surface area contributed by atoms with Crippen LogP contribution in [0.15, 0.2) is 63.7 Å². The van der Waals surface area contributed by atoms with Crippen LogP contribution >= 0.6 is 0 Å². The first-order chi connectivity index (χ1) is 8.64. The van der Waals surface area contributed by atoms with Crippen LogP contribution in [0, 0.1) is 4.91 Å². The molecule has 92 valence electrons. The van der Waals surface area contributed by atoms with Crippen molar-refractivity contribution in [3.05, 3.63) is 53.6 Å². The second-order valence-corrected chi connectivity index (χ2v) is 5.35. The maximum Gasteiger partial charge on any atom is 1.00 e. The summed E-state index contributed by atoms with van der Waals surface area (Å²) in [6.07, 6.45) is 1.18. The zero-order chi connectivity index (χ0) is 13.0. The van der Waals surface area contributed by atoms with Gasteiger partial charge in [-0.1, -0.05) is 18.2 Å².